The Hall–Kier alpha value is -0.190. The van der Waals surface area contributed by atoms with Gasteiger partial charge in [0.2, 0.25) is 0 Å². The van der Waals surface area contributed by atoms with Gasteiger partial charge in [-0.25, -0.2) is 0 Å². The summed E-state index contributed by atoms with van der Waals surface area (Å²) in [6.45, 7) is 8.87. The zero-order valence-electron chi connectivity index (χ0n) is 12.5. The predicted octanol–water partition coefficient (Wildman–Crippen LogP) is 4.28. The van der Waals surface area contributed by atoms with Gasteiger partial charge in [-0.2, -0.15) is 11.8 Å². The highest BCUT2D eigenvalue weighted by Gasteiger charge is 2.20. The van der Waals surface area contributed by atoms with E-state index in [1.165, 1.54) is 40.9 Å². The van der Waals surface area contributed by atoms with Crippen molar-refractivity contribution in [2.24, 2.45) is 0 Å². The summed E-state index contributed by atoms with van der Waals surface area (Å²) in [5.41, 5.74) is 2.70. The molecule has 0 bridgehead atoms. The lowest BCUT2D eigenvalue weighted by Crippen LogP contribution is -2.37. The lowest BCUT2D eigenvalue weighted by atomic mass is 10.1. The van der Waals surface area contributed by atoms with Gasteiger partial charge in [-0.05, 0) is 53.0 Å². The molecule has 2 rings (SSSR count). The highest BCUT2D eigenvalue weighted by atomic mass is 79.9. The summed E-state index contributed by atoms with van der Waals surface area (Å²) < 4.78 is 1.23. The van der Waals surface area contributed by atoms with E-state index in [0.717, 1.165) is 24.9 Å². The number of hydrogen-bond acceptors (Lipinski definition) is 3. The summed E-state index contributed by atoms with van der Waals surface area (Å²) in [6, 6.07) is 6.79. The molecular weight excluding hydrogens is 332 g/mol. The SMILES string of the molecule is CCCNCc1ccc(N2CCSC(CC)C2)c(Br)c1. The van der Waals surface area contributed by atoms with Gasteiger partial charge < -0.3 is 10.2 Å². The number of thioether (sulfide) groups is 1. The molecule has 1 aliphatic heterocycles. The van der Waals surface area contributed by atoms with Crippen LogP contribution in [0.4, 0.5) is 5.69 Å². The number of halogens is 1. The Morgan fingerprint density at radius 2 is 2.25 bits per heavy atom. The van der Waals surface area contributed by atoms with Gasteiger partial charge in [-0.3, -0.25) is 0 Å². The molecule has 1 N–H and O–H groups in total. The number of nitrogens with zero attached hydrogens (tertiary/aromatic N) is 1. The molecule has 1 saturated heterocycles. The van der Waals surface area contributed by atoms with Crippen LogP contribution in [0.1, 0.15) is 32.3 Å². The molecule has 0 radical (unpaired) electrons. The van der Waals surface area contributed by atoms with E-state index in [2.05, 4.69) is 70.0 Å². The second kappa shape index (κ2) is 8.30. The Balaban J connectivity index is 2.01. The van der Waals surface area contributed by atoms with Crippen LogP contribution in [0.25, 0.3) is 0 Å². The third kappa shape index (κ3) is 4.40. The van der Waals surface area contributed by atoms with Crippen LogP contribution in [0.5, 0.6) is 0 Å². The van der Waals surface area contributed by atoms with Crippen LogP contribution in [0.2, 0.25) is 0 Å². The highest BCUT2D eigenvalue weighted by Crippen LogP contribution is 2.31. The smallest absolute Gasteiger partial charge is 0.0511 e. The Morgan fingerprint density at radius 3 is 2.95 bits per heavy atom. The lowest BCUT2D eigenvalue weighted by molar-refractivity contribution is 0.675. The van der Waals surface area contributed by atoms with Crippen molar-refractivity contribution >= 4 is 33.4 Å². The minimum absolute atomic E-state index is 0.779. The molecule has 1 atom stereocenters. The topological polar surface area (TPSA) is 15.3 Å². The average molecular weight is 357 g/mol. The van der Waals surface area contributed by atoms with Crippen molar-refractivity contribution in [1.29, 1.82) is 0 Å². The molecule has 1 fully saturated rings. The Kier molecular flexibility index (Phi) is 6.72. The van der Waals surface area contributed by atoms with E-state index in [1.807, 2.05) is 0 Å². The maximum atomic E-state index is 3.76. The molecular formula is C16H25BrN2S. The van der Waals surface area contributed by atoms with Gasteiger partial charge in [-0.15, -0.1) is 0 Å². The molecule has 112 valence electrons. The van der Waals surface area contributed by atoms with E-state index in [4.69, 9.17) is 0 Å². The fraction of sp³-hybridized carbons (Fsp3) is 0.625. The molecule has 0 aliphatic carbocycles. The maximum absolute atomic E-state index is 3.76. The second-order valence-electron chi connectivity index (χ2n) is 5.31. The summed E-state index contributed by atoms with van der Waals surface area (Å²) in [5, 5.41) is 4.24. The number of nitrogens with one attached hydrogen (secondary N) is 1. The van der Waals surface area contributed by atoms with Crippen molar-refractivity contribution in [3.63, 3.8) is 0 Å². The van der Waals surface area contributed by atoms with Crippen molar-refractivity contribution in [3.8, 4) is 0 Å². The molecule has 1 aromatic rings. The van der Waals surface area contributed by atoms with Crippen LogP contribution in [0, 0.1) is 0 Å². The number of rotatable bonds is 6. The van der Waals surface area contributed by atoms with Crippen molar-refractivity contribution in [1.82, 2.24) is 5.32 Å². The van der Waals surface area contributed by atoms with Crippen molar-refractivity contribution in [2.75, 3.05) is 30.3 Å². The minimum atomic E-state index is 0.779. The molecule has 2 nitrogen and oxygen atoms in total. The fourth-order valence-electron chi connectivity index (χ4n) is 2.51. The van der Waals surface area contributed by atoms with Crippen LogP contribution in [0.15, 0.2) is 22.7 Å². The first kappa shape index (κ1) is 16.2. The van der Waals surface area contributed by atoms with Crippen molar-refractivity contribution in [3.05, 3.63) is 28.2 Å². The third-order valence-corrected chi connectivity index (χ3v) is 5.71. The summed E-state index contributed by atoms with van der Waals surface area (Å²) >= 11 is 5.87. The molecule has 1 aromatic carbocycles. The molecule has 4 heteroatoms. The normalized spacial score (nSPS) is 19.4. The van der Waals surface area contributed by atoms with Gasteiger partial charge in [-0.1, -0.05) is 19.9 Å². The first-order chi connectivity index (χ1) is 9.74. The summed E-state index contributed by atoms with van der Waals surface area (Å²) in [6.07, 6.45) is 2.45. The van der Waals surface area contributed by atoms with E-state index in [-0.39, 0.29) is 0 Å². The second-order valence-corrected chi connectivity index (χ2v) is 7.57. The van der Waals surface area contributed by atoms with E-state index in [1.54, 1.807) is 0 Å². The highest BCUT2D eigenvalue weighted by molar-refractivity contribution is 9.10. The van der Waals surface area contributed by atoms with Crippen LogP contribution in [-0.2, 0) is 6.54 Å². The zero-order valence-corrected chi connectivity index (χ0v) is 14.9. The van der Waals surface area contributed by atoms with Gasteiger partial charge >= 0.3 is 0 Å². The van der Waals surface area contributed by atoms with Crippen molar-refractivity contribution in [2.45, 2.75) is 38.5 Å². The summed E-state index contributed by atoms with van der Waals surface area (Å²) in [7, 11) is 0. The lowest BCUT2D eigenvalue weighted by Gasteiger charge is -2.34. The van der Waals surface area contributed by atoms with Gasteiger partial charge in [0.25, 0.3) is 0 Å². The summed E-state index contributed by atoms with van der Waals surface area (Å²) in [5.74, 6) is 1.24. The molecule has 20 heavy (non-hydrogen) atoms. The molecule has 0 spiro atoms. The van der Waals surface area contributed by atoms with Crippen LogP contribution >= 0.6 is 27.7 Å². The monoisotopic (exact) mass is 356 g/mol. The summed E-state index contributed by atoms with van der Waals surface area (Å²) in [4.78, 5) is 2.53. The van der Waals surface area contributed by atoms with Crippen LogP contribution in [0.3, 0.4) is 0 Å². The minimum Gasteiger partial charge on any atom is -0.369 e. The Morgan fingerprint density at radius 1 is 1.40 bits per heavy atom. The zero-order chi connectivity index (χ0) is 14.4. The number of hydrogen-bond donors (Lipinski definition) is 1. The third-order valence-electron chi connectivity index (χ3n) is 3.70. The average Bonchev–Trinajstić information content (AvgIpc) is 2.48. The predicted molar refractivity (Wildman–Crippen MR) is 94.9 cm³/mol. The molecule has 0 amide bonds. The molecule has 1 heterocycles. The van der Waals surface area contributed by atoms with Crippen molar-refractivity contribution < 1.29 is 0 Å². The molecule has 1 aliphatic rings. The van der Waals surface area contributed by atoms with E-state index in [9.17, 15) is 0 Å². The standard InChI is InChI=1S/C16H25BrN2S/c1-3-7-18-11-13-5-6-16(15(17)10-13)19-8-9-20-14(4-2)12-19/h5-6,10,14,18H,3-4,7-9,11-12H2,1-2H3. The van der Waals surface area contributed by atoms with Gasteiger partial charge in [0.1, 0.15) is 0 Å². The molecule has 1 unspecified atom stereocenters. The molecule has 0 saturated carbocycles. The van der Waals surface area contributed by atoms with E-state index in [0.29, 0.717) is 0 Å². The maximum Gasteiger partial charge on any atom is 0.0511 e. The van der Waals surface area contributed by atoms with E-state index >= 15 is 0 Å². The van der Waals surface area contributed by atoms with Crippen LogP contribution in [-0.4, -0.2) is 30.6 Å². The Bertz CT molecular complexity index is 425. The molecule has 0 aromatic heterocycles. The first-order valence-corrected chi connectivity index (χ1v) is 9.44. The largest absolute Gasteiger partial charge is 0.369 e. The fourth-order valence-corrected chi connectivity index (χ4v) is 4.37. The van der Waals surface area contributed by atoms with Crippen LogP contribution < -0.4 is 10.2 Å². The van der Waals surface area contributed by atoms with Gasteiger partial charge in [0, 0.05) is 35.1 Å². The van der Waals surface area contributed by atoms with Gasteiger partial charge in [0.05, 0.1) is 5.69 Å². The quantitative estimate of drug-likeness (QED) is 0.765. The number of benzene rings is 1. The Labute approximate surface area is 135 Å². The van der Waals surface area contributed by atoms with E-state index < -0.39 is 0 Å². The first-order valence-electron chi connectivity index (χ1n) is 7.60. The number of anilines is 1. The van der Waals surface area contributed by atoms with Gasteiger partial charge in [0.15, 0.2) is 0 Å².